The van der Waals surface area contributed by atoms with Crippen molar-refractivity contribution in [3.63, 3.8) is 0 Å². The number of hydrogen-bond donors (Lipinski definition) is 0. The molecule has 0 unspecified atom stereocenters. The van der Waals surface area contributed by atoms with Gasteiger partial charge >= 0.3 is 0 Å². The Bertz CT molecular complexity index is 616. The van der Waals surface area contributed by atoms with E-state index in [1.165, 1.54) is 0 Å². The molecule has 0 bridgehead atoms. The molecule has 0 saturated carbocycles. The smallest absolute Gasteiger partial charge is 0.241 e. The Kier molecular flexibility index (Phi) is 4.24. The third-order valence-corrected chi connectivity index (χ3v) is 3.99. The lowest BCUT2D eigenvalue weighted by Gasteiger charge is -2.35. The lowest BCUT2D eigenvalue weighted by atomic mass is 10.2. The molecule has 5 nitrogen and oxygen atoms in total. The van der Waals surface area contributed by atoms with E-state index in [2.05, 4.69) is 28.9 Å². The molecular formula is C15H18ClN3O2. The monoisotopic (exact) mass is 307 g/mol. The van der Waals surface area contributed by atoms with Crippen molar-refractivity contribution in [2.75, 3.05) is 13.2 Å². The maximum atomic E-state index is 6.15. The largest absolute Gasteiger partial charge is 0.376 e. The van der Waals surface area contributed by atoms with Crippen molar-refractivity contribution in [2.45, 2.75) is 32.5 Å². The molecule has 3 rings (SSSR count). The molecule has 0 aliphatic carbocycles. The number of aromatic nitrogens is 2. The van der Waals surface area contributed by atoms with Crippen molar-refractivity contribution in [1.82, 2.24) is 15.0 Å². The maximum absolute atomic E-state index is 6.15. The molecule has 1 fully saturated rings. The van der Waals surface area contributed by atoms with Crippen molar-refractivity contribution < 1.29 is 9.26 Å². The molecule has 2 atom stereocenters. The predicted molar refractivity (Wildman–Crippen MR) is 80.0 cm³/mol. The summed E-state index contributed by atoms with van der Waals surface area (Å²) in [4.78, 5) is 6.74. The summed E-state index contributed by atoms with van der Waals surface area (Å²) in [6.45, 7) is 6.43. The Morgan fingerprint density at radius 1 is 1.33 bits per heavy atom. The highest BCUT2D eigenvalue weighted by Crippen LogP contribution is 2.25. The SMILES string of the molecule is C[C@@H]1CO[C@@H](C)CN1Cc1nc(-c2ccccc2Cl)no1. The van der Waals surface area contributed by atoms with Crippen molar-refractivity contribution in [3.8, 4) is 11.4 Å². The molecule has 0 amide bonds. The van der Waals surface area contributed by atoms with E-state index in [1.54, 1.807) is 0 Å². The zero-order valence-corrected chi connectivity index (χ0v) is 12.9. The Morgan fingerprint density at radius 3 is 2.95 bits per heavy atom. The Balaban J connectivity index is 1.75. The lowest BCUT2D eigenvalue weighted by molar-refractivity contribution is -0.0555. The van der Waals surface area contributed by atoms with Crippen LogP contribution in [0.3, 0.4) is 0 Å². The van der Waals surface area contributed by atoms with Gasteiger partial charge in [-0.1, -0.05) is 28.9 Å². The second kappa shape index (κ2) is 6.13. The lowest BCUT2D eigenvalue weighted by Crippen LogP contribution is -2.46. The van der Waals surface area contributed by atoms with Gasteiger partial charge in [0.25, 0.3) is 0 Å². The highest BCUT2D eigenvalue weighted by atomic mass is 35.5. The third-order valence-electron chi connectivity index (χ3n) is 3.66. The van der Waals surface area contributed by atoms with E-state index >= 15 is 0 Å². The molecule has 112 valence electrons. The van der Waals surface area contributed by atoms with Crippen molar-refractivity contribution in [2.24, 2.45) is 0 Å². The van der Waals surface area contributed by atoms with Gasteiger partial charge in [-0.3, -0.25) is 4.90 Å². The van der Waals surface area contributed by atoms with Gasteiger partial charge in [0.1, 0.15) is 0 Å². The predicted octanol–water partition coefficient (Wildman–Crippen LogP) is 3.00. The molecule has 1 aromatic carbocycles. The molecule has 2 aromatic rings. The highest BCUT2D eigenvalue weighted by molar-refractivity contribution is 6.33. The number of morpholine rings is 1. The first kappa shape index (κ1) is 14.5. The number of rotatable bonds is 3. The van der Waals surface area contributed by atoms with Crippen LogP contribution in [0.5, 0.6) is 0 Å². The number of nitrogens with zero attached hydrogens (tertiary/aromatic N) is 3. The summed E-state index contributed by atoms with van der Waals surface area (Å²) in [6.07, 6.45) is 0.229. The van der Waals surface area contributed by atoms with Crippen molar-refractivity contribution >= 4 is 11.6 Å². The van der Waals surface area contributed by atoms with Gasteiger partial charge in [0.15, 0.2) is 0 Å². The van der Waals surface area contributed by atoms with E-state index in [4.69, 9.17) is 20.9 Å². The summed E-state index contributed by atoms with van der Waals surface area (Å²) >= 11 is 6.15. The van der Waals surface area contributed by atoms with Crippen LogP contribution in [0.15, 0.2) is 28.8 Å². The van der Waals surface area contributed by atoms with Gasteiger partial charge in [-0.25, -0.2) is 0 Å². The summed E-state index contributed by atoms with van der Waals surface area (Å²) in [5, 5.41) is 4.65. The summed E-state index contributed by atoms with van der Waals surface area (Å²) in [5.41, 5.74) is 0.789. The summed E-state index contributed by atoms with van der Waals surface area (Å²) < 4.78 is 11.0. The first-order valence-corrected chi connectivity index (χ1v) is 7.44. The minimum Gasteiger partial charge on any atom is -0.376 e. The molecular weight excluding hydrogens is 290 g/mol. The first-order chi connectivity index (χ1) is 10.1. The number of ether oxygens (including phenoxy) is 1. The minimum absolute atomic E-state index is 0.229. The van der Waals surface area contributed by atoms with E-state index in [0.29, 0.717) is 29.3 Å². The highest BCUT2D eigenvalue weighted by Gasteiger charge is 2.25. The third kappa shape index (κ3) is 3.26. The zero-order valence-electron chi connectivity index (χ0n) is 12.1. The van der Waals surface area contributed by atoms with Gasteiger partial charge in [0.05, 0.1) is 24.3 Å². The topological polar surface area (TPSA) is 51.4 Å². The average molecular weight is 308 g/mol. The molecule has 1 saturated heterocycles. The molecule has 6 heteroatoms. The van der Waals surface area contributed by atoms with Gasteiger partial charge in [-0.15, -0.1) is 0 Å². The van der Waals surface area contributed by atoms with Gasteiger partial charge in [-0.05, 0) is 26.0 Å². The molecule has 1 aliphatic heterocycles. The zero-order chi connectivity index (χ0) is 14.8. The molecule has 0 radical (unpaired) electrons. The molecule has 21 heavy (non-hydrogen) atoms. The Labute approximate surface area is 128 Å². The summed E-state index contributed by atoms with van der Waals surface area (Å²) in [7, 11) is 0. The van der Waals surface area contributed by atoms with E-state index in [-0.39, 0.29) is 6.10 Å². The van der Waals surface area contributed by atoms with Crippen LogP contribution in [0.25, 0.3) is 11.4 Å². The Morgan fingerprint density at radius 2 is 2.14 bits per heavy atom. The van der Waals surface area contributed by atoms with Crippen molar-refractivity contribution in [1.29, 1.82) is 0 Å². The number of halogens is 1. The molecule has 1 aliphatic rings. The van der Waals surface area contributed by atoms with Gasteiger partial charge in [0, 0.05) is 18.2 Å². The van der Waals surface area contributed by atoms with Crippen LogP contribution in [0, 0.1) is 0 Å². The standard InChI is InChI=1S/C15H18ClN3O2/c1-10-9-20-11(2)7-19(10)8-14-17-15(18-21-14)12-5-3-4-6-13(12)16/h3-6,10-11H,7-9H2,1-2H3/t10-,11+/m1/s1. The van der Waals surface area contributed by atoms with Crippen LogP contribution < -0.4 is 0 Å². The van der Waals surface area contributed by atoms with Crippen LogP contribution in [0.2, 0.25) is 5.02 Å². The van der Waals surface area contributed by atoms with Gasteiger partial charge < -0.3 is 9.26 Å². The van der Waals surface area contributed by atoms with Crippen LogP contribution in [-0.4, -0.2) is 40.3 Å². The second-order valence-corrected chi connectivity index (χ2v) is 5.82. The molecule has 1 aromatic heterocycles. The fourth-order valence-corrected chi connectivity index (χ4v) is 2.66. The normalized spacial score (nSPS) is 23.4. The second-order valence-electron chi connectivity index (χ2n) is 5.41. The fraction of sp³-hybridized carbons (Fsp3) is 0.467. The summed E-state index contributed by atoms with van der Waals surface area (Å²) in [6, 6.07) is 7.83. The van der Waals surface area contributed by atoms with Gasteiger partial charge in [-0.2, -0.15) is 4.98 Å². The molecule has 0 spiro atoms. The molecule has 2 heterocycles. The van der Waals surface area contributed by atoms with Gasteiger partial charge in [0.2, 0.25) is 11.7 Å². The van der Waals surface area contributed by atoms with E-state index in [1.807, 2.05) is 24.3 Å². The van der Waals surface area contributed by atoms with Crippen LogP contribution in [0.4, 0.5) is 0 Å². The first-order valence-electron chi connectivity index (χ1n) is 7.06. The summed E-state index contributed by atoms with van der Waals surface area (Å²) in [5.74, 6) is 1.13. The van der Waals surface area contributed by atoms with Crippen LogP contribution in [0.1, 0.15) is 19.7 Å². The van der Waals surface area contributed by atoms with E-state index in [9.17, 15) is 0 Å². The quantitative estimate of drug-likeness (QED) is 0.872. The van der Waals surface area contributed by atoms with Crippen molar-refractivity contribution in [3.05, 3.63) is 35.2 Å². The maximum Gasteiger partial charge on any atom is 0.241 e. The average Bonchev–Trinajstić information content (AvgIpc) is 2.92. The minimum atomic E-state index is 0.229. The fourth-order valence-electron chi connectivity index (χ4n) is 2.44. The molecule has 0 N–H and O–H groups in total. The Hall–Kier alpha value is -1.43. The van der Waals surface area contributed by atoms with Crippen LogP contribution >= 0.6 is 11.6 Å². The van der Waals surface area contributed by atoms with E-state index in [0.717, 1.165) is 18.7 Å². The van der Waals surface area contributed by atoms with Crippen LogP contribution in [-0.2, 0) is 11.3 Å². The number of hydrogen-bond acceptors (Lipinski definition) is 5. The number of benzene rings is 1. The van der Waals surface area contributed by atoms with E-state index < -0.39 is 0 Å².